The summed E-state index contributed by atoms with van der Waals surface area (Å²) in [5.74, 6) is -6.55. The minimum atomic E-state index is -2.65. The number of amides is 1. The number of phenols is 1. The fourth-order valence-electron chi connectivity index (χ4n) is 6.19. The minimum Gasteiger partial charge on any atom is -0.508 e. The Hall–Kier alpha value is -3.41. The van der Waals surface area contributed by atoms with Crippen molar-refractivity contribution in [2.45, 2.75) is 58.3 Å². The molecule has 4 atom stereocenters. The van der Waals surface area contributed by atoms with Gasteiger partial charge in [-0.25, -0.2) is 0 Å². The van der Waals surface area contributed by atoms with Crippen LogP contribution in [0.1, 0.15) is 45.7 Å². The quantitative estimate of drug-likeness (QED) is 0.284. The molecule has 1 aromatic carbocycles. The van der Waals surface area contributed by atoms with E-state index in [1.807, 2.05) is 38.9 Å². The summed E-state index contributed by atoms with van der Waals surface area (Å²) in [5.41, 5.74) is 3.71. The van der Waals surface area contributed by atoms with Crippen molar-refractivity contribution in [3.8, 4) is 5.75 Å². The highest BCUT2D eigenvalue weighted by molar-refractivity contribution is 6.24. The second kappa shape index (κ2) is 10.3. The zero-order valence-electron chi connectivity index (χ0n) is 24.5. The van der Waals surface area contributed by atoms with Crippen LogP contribution in [0, 0.1) is 11.8 Å². The van der Waals surface area contributed by atoms with Crippen molar-refractivity contribution < 1.29 is 36.2 Å². The number of primary amides is 1. The summed E-state index contributed by atoms with van der Waals surface area (Å²) in [7, 11) is 8.07. The van der Waals surface area contributed by atoms with E-state index in [0.29, 0.717) is 17.7 Å². The smallest absolute Gasteiger partial charge is 0.255 e. The van der Waals surface area contributed by atoms with Crippen molar-refractivity contribution in [1.29, 1.82) is 0 Å². The van der Waals surface area contributed by atoms with Crippen molar-refractivity contribution in [3.63, 3.8) is 0 Å². The van der Waals surface area contributed by atoms with Gasteiger partial charge < -0.3 is 36.4 Å². The third kappa shape index (κ3) is 4.38. The number of benzene rings is 1. The molecule has 0 heterocycles. The predicted molar refractivity (Wildman–Crippen MR) is 147 cm³/mol. The van der Waals surface area contributed by atoms with Gasteiger partial charge in [-0.15, -0.1) is 0 Å². The first-order valence-corrected chi connectivity index (χ1v) is 12.6. The van der Waals surface area contributed by atoms with Crippen LogP contribution in [0.15, 0.2) is 23.0 Å². The number of aliphatic hydroxyl groups excluding tert-OH is 2. The van der Waals surface area contributed by atoms with Crippen LogP contribution >= 0.6 is 0 Å². The molecule has 0 aliphatic heterocycles. The van der Waals surface area contributed by atoms with E-state index in [9.17, 15) is 34.8 Å². The molecule has 39 heavy (non-hydrogen) atoms. The summed E-state index contributed by atoms with van der Waals surface area (Å²) in [6, 6.07) is 0.852. The molecule has 3 aliphatic carbocycles. The molecule has 7 N–H and O–H groups in total. The maximum absolute atomic E-state index is 14.0. The first-order valence-electron chi connectivity index (χ1n) is 13.6. The Balaban J connectivity index is 0.00000216. The molecule has 0 radical (unpaired) electrons. The molecule has 11 nitrogen and oxygen atoms in total. The molecule has 0 bridgehead atoms. The van der Waals surface area contributed by atoms with Crippen LogP contribution in [0.3, 0.4) is 0 Å². The average Bonchev–Trinajstić information content (AvgIpc) is 2.86. The summed E-state index contributed by atoms with van der Waals surface area (Å²) >= 11 is 0. The zero-order valence-corrected chi connectivity index (χ0v) is 23.5. The number of aromatic hydroxyl groups is 1. The summed E-state index contributed by atoms with van der Waals surface area (Å²) in [4.78, 5) is 42.6. The van der Waals surface area contributed by atoms with Crippen molar-refractivity contribution in [3.05, 3.63) is 39.7 Å². The molecule has 3 aliphatic rings. The van der Waals surface area contributed by atoms with Gasteiger partial charge in [0.15, 0.2) is 11.4 Å². The number of carbonyl (C=O) groups is 3. The lowest BCUT2D eigenvalue weighted by Crippen LogP contribution is -2.65. The Labute approximate surface area is 230 Å². The lowest BCUT2D eigenvalue weighted by Gasteiger charge is -2.50. The van der Waals surface area contributed by atoms with Gasteiger partial charge >= 0.3 is 0 Å². The Bertz CT molecular complexity index is 1300. The summed E-state index contributed by atoms with van der Waals surface area (Å²) < 4.78 is 5.75. The van der Waals surface area contributed by atoms with E-state index < -0.39 is 58.0 Å². The Morgan fingerprint density at radius 1 is 1.23 bits per heavy atom. The molecular weight excluding hydrogens is 504 g/mol. The van der Waals surface area contributed by atoms with E-state index in [-0.39, 0.29) is 35.8 Å². The maximum Gasteiger partial charge on any atom is 0.255 e. The number of fused-ring (bicyclic) bond motifs is 3. The normalized spacial score (nSPS) is 26.5. The zero-order chi connectivity index (χ0) is 30.4. The van der Waals surface area contributed by atoms with E-state index in [2.05, 4.69) is 5.32 Å². The van der Waals surface area contributed by atoms with Gasteiger partial charge in [0, 0.05) is 50.8 Å². The molecule has 0 unspecified atom stereocenters. The molecule has 1 saturated carbocycles. The molecule has 1 fully saturated rings. The molecule has 0 saturated heterocycles. The highest BCUT2D eigenvalue weighted by atomic mass is 16.3. The minimum absolute atomic E-state index is 0.0516. The lowest BCUT2D eigenvalue weighted by atomic mass is 9.57. The van der Waals surface area contributed by atoms with Crippen LogP contribution in [0.5, 0.6) is 5.75 Å². The SMILES string of the molecule is CC(C)NCc1cc(N(C)C)c2c(c1O)C(O)=C1C(=O)[C@]3(O)C(O)=C(C(N)=O)C(=O)[C@H](N(C)C)[C@@H]3C[C@@H]1C2.[3H]C. The van der Waals surface area contributed by atoms with Gasteiger partial charge in [0.25, 0.3) is 5.91 Å². The Morgan fingerprint density at radius 3 is 2.36 bits per heavy atom. The first kappa shape index (κ1) is 28.6. The van der Waals surface area contributed by atoms with E-state index in [1.54, 1.807) is 14.1 Å². The van der Waals surface area contributed by atoms with Gasteiger partial charge in [-0.2, -0.15) is 0 Å². The number of Topliss-reactive ketones (excluding diaryl/α,β-unsaturated/α-hetero) is 2. The number of hydrogen-bond acceptors (Lipinski definition) is 10. The van der Waals surface area contributed by atoms with Crippen molar-refractivity contribution in [2.24, 2.45) is 17.6 Å². The van der Waals surface area contributed by atoms with Crippen LogP contribution in [0.2, 0.25) is 0 Å². The number of anilines is 1. The van der Waals surface area contributed by atoms with Crippen LogP contribution < -0.4 is 16.0 Å². The van der Waals surface area contributed by atoms with Crippen molar-refractivity contribution in [2.75, 3.05) is 33.1 Å². The number of ketones is 2. The highest BCUT2D eigenvalue weighted by Gasteiger charge is 2.64. The second-order valence-corrected chi connectivity index (χ2v) is 11.1. The number of rotatable bonds is 6. The third-order valence-electron chi connectivity index (χ3n) is 7.96. The average molecular weight is 547 g/mol. The van der Waals surface area contributed by atoms with Gasteiger partial charge in [0.2, 0.25) is 5.78 Å². The van der Waals surface area contributed by atoms with Crippen LogP contribution in [-0.2, 0) is 27.3 Å². The fourth-order valence-corrected chi connectivity index (χ4v) is 6.19. The second-order valence-electron chi connectivity index (χ2n) is 11.1. The van der Waals surface area contributed by atoms with E-state index >= 15 is 0 Å². The molecule has 1 aromatic rings. The molecule has 214 valence electrons. The number of nitrogens with two attached hydrogens (primary N) is 1. The van der Waals surface area contributed by atoms with E-state index in [0.717, 1.165) is 5.69 Å². The molecule has 4 rings (SSSR count). The highest BCUT2D eigenvalue weighted by Crippen LogP contribution is 2.54. The van der Waals surface area contributed by atoms with E-state index in [1.165, 1.54) is 12.3 Å². The van der Waals surface area contributed by atoms with Gasteiger partial charge in [-0.3, -0.25) is 19.3 Å². The number of phenolic OH excluding ortho intramolecular Hbond substituents is 1. The topological polar surface area (TPSA) is 177 Å². The molecule has 1 amide bonds. The fraction of sp³-hybridized carbons (Fsp3) is 0.536. The van der Waals surface area contributed by atoms with Crippen LogP contribution in [-0.4, -0.2) is 88.7 Å². The molecule has 0 aromatic heterocycles. The Kier molecular flexibility index (Phi) is 7.54. The molecular formula is C28H40N4O7. The number of nitrogens with zero attached hydrogens (tertiary/aromatic N) is 2. The summed E-state index contributed by atoms with van der Waals surface area (Å²) in [6.07, 6.45) is 0.295. The van der Waals surface area contributed by atoms with Crippen molar-refractivity contribution in [1.82, 2.24) is 10.2 Å². The third-order valence-corrected chi connectivity index (χ3v) is 7.96. The number of carbonyl (C=O) groups excluding carboxylic acids is 3. The largest absolute Gasteiger partial charge is 0.508 e. The Morgan fingerprint density at radius 2 is 1.85 bits per heavy atom. The number of nitrogens with one attached hydrogen (secondary N) is 1. The number of hydrogen-bond donors (Lipinski definition) is 6. The molecule has 11 heteroatoms. The van der Waals surface area contributed by atoms with Gasteiger partial charge in [-0.1, -0.05) is 21.3 Å². The van der Waals surface area contributed by atoms with Gasteiger partial charge in [0.1, 0.15) is 22.8 Å². The van der Waals surface area contributed by atoms with Crippen molar-refractivity contribution >= 4 is 28.9 Å². The molecule has 0 spiro atoms. The van der Waals surface area contributed by atoms with Crippen LogP contribution in [0.25, 0.3) is 5.76 Å². The van der Waals surface area contributed by atoms with Gasteiger partial charge in [0.05, 0.1) is 11.6 Å². The summed E-state index contributed by atoms with van der Waals surface area (Å²) in [6.45, 7) is 4.22. The predicted octanol–water partition coefficient (Wildman–Crippen LogP) is 1.16. The van der Waals surface area contributed by atoms with E-state index in [4.69, 9.17) is 7.10 Å². The number of aliphatic hydroxyl groups is 3. The monoisotopic (exact) mass is 546 g/mol. The maximum atomic E-state index is 14.0. The summed E-state index contributed by atoms with van der Waals surface area (Å²) in [5, 5.41) is 48.6. The lowest BCUT2D eigenvalue weighted by molar-refractivity contribution is -0.153. The van der Waals surface area contributed by atoms with Gasteiger partial charge in [-0.05, 0) is 44.5 Å². The van der Waals surface area contributed by atoms with Crippen LogP contribution in [0.4, 0.5) is 5.69 Å². The number of likely N-dealkylation sites (N-methyl/N-ethyl adjacent to an activating group) is 1. The first-order chi connectivity index (χ1) is 18.6. The standard InChI is InChI=1S/C27H36N4O7.CH4/c1-11(2)29-10-13-9-16(30(3)4)14-7-12-8-15-20(31(5)6)23(34)19(26(28)37)25(36)27(15,38)24(35)17(12)22(33)18(14)21(13)32;/h9,11-12,15,20,29,32-33,36,38H,7-8,10H2,1-6H3,(H2,28,37);1H4/t12-,15-,20+,27-;/m0./s1/i;1T.